The summed E-state index contributed by atoms with van der Waals surface area (Å²) in [5.74, 6) is 0. The third-order valence-corrected chi connectivity index (χ3v) is 3.97. The Hall–Kier alpha value is -1.02. The Bertz CT molecular complexity index is 350. The van der Waals surface area contributed by atoms with Gasteiger partial charge in [0.05, 0.1) is 0 Å². The van der Waals surface area contributed by atoms with E-state index >= 15 is 0 Å². The van der Waals surface area contributed by atoms with Gasteiger partial charge < -0.3 is 4.90 Å². The fraction of sp³-hybridized carbons (Fsp3) is 0.625. The summed E-state index contributed by atoms with van der Waals surface area (Å²) >= 11 is 0. The number of hydrogen-bond donors (Lipinski definition) is 0. The lowest BCUT2D eigenvalue weighted by molar-refractivity contribution is 0.266. The van der Waals surface area contributed by atoms with Crippen LogP contribution in [0.4, 0.5) is 5.69 Å². The van der Waals surface area contributed by atoms with Gasteiger partial charge in [0.15, 0.2) is 0 Å². The average Bonchev–Trinajstić information content (AvgIpc) is 2.40. The Balaban J connectivity index is 1.96. The van der Waals surface area contributed by atoms with Crippen LogP contribution < -0.4 is 4.90 Å². The molecule has 2 heteroatoms. The van der Waals surface area contributed by atoms with Crippen molar-refractivity contribution in [1.29, 1.82) is 0 Å². The summed E-state index contributed by atoms with van der Waals surface area (Å²) in [7, 11) is 2.18. The molecule has 0 atom stereocenters. The lowest BCUT2D eigenvalue weighted by Gasteiger charge is -2.29. The van der Waals surface area contributed by atoms with Crippen molar-refractivity contribution in [2.75, 3.05) is 25.0 Å². The number of nitrogens with zero attached hydrogens (tertiary/aromatic N) is 2. The number of benzene rings is 1. The minimum absolute atomic E-state index is 0.603. The fourth-order valence-electron chi connectivity index (χ4n) is 2.43. The number of anilines is 1. The van der Waals surface area contributed by atoms with Crippen LogP contribution in [0.25, 0.3) is 0 Å². The molecular weight excluding hydrogens is 220 g/mol. The van der Waals surface area contributed by atoms with Gasteiger partial charge in [0.25, 0.3) is 0 Å². The largest absolute Gasteiger partial charge is 0.372 e. The van der Waals surface area contributed by atoms with E-state index in [9.17, 15) is 0 Å². The predicted octanol–water partition coefficient (Wildman–Crippen LogP) is 3.52. The molecular formula is C16H26N2. The van der Waals surface area contributed by atoms with Crippen LogP contribution in [0.5, 0.6) is 0 Å². The van der Waals surface area contributed by atoms with E-state index in [1.807, 2.05) is 0 Å². The Morgan fingerprint density at radius 3 is 2.22 bits per heavy atom. The molecule has 0 saturated carbocycles. The zero-order valence-electron chi connectivity index (χ0n) is 12.0. The SMILES string of the molecule is CC(C)N(C)Cc1ccc(N2CCCCC2)cc1. The maximum atomic E-state index is 2.51. The molecule has 18 heavy (non-hydrogen) atoms. The van der Waals surface area contributed by atoms with Crippen molar-refractivity contribution in [3.63, 3.8) is 0 Å². The highest BCUT2D eigenvalue weighted by Gasteiger charge is 2.11. The van der Waals surface area contributed by atoms with Gasteiger partial charge in [0.1, 0.15) is 0 Å². The van der Waals surface area contributed by atoms with Gasteiger partial charge in [-0.3, -0.25) is 4.90 Å². The first kappa shape index (κ1) is 13.4. The molecule has 1 aliphatic rings. The molecule has 0 bridgehead atoms. The zero-order valence-corrected chi connectivity index (χ0v) is 12.0. The van der Waals surface area contributed by atoms with Crippen molar-refractivity contribution in [3.05, 3.63) is 29.8 Å². The monoisotopic (exact) mass is 246 g/mol. The predicted molar refractivity (Wildman–Crippen MR) is 79.1 cm³/mol. The van der Waals surface area contributed by atoms with Crippen molar-refractivity contribution in [2.24, 2.45) is 0 Å². The lowest BCUT2D eigenvalue weighted by atomic mass is 10.1. The summed E-state index contributed by atoms with van der Waals surface area (Å²) in [5, 5.41) is 0. The molecule has 1 aromatic carbocycles. The molecule has 1 aliphatic heterocycles. The Morgan fingerprint density at radius 2 is 1.67 bits per heavy atom. The summed E-state index contributed by atoms with van der Waals surface area (Å²) < 4.78 is 0. The Labute approximate surface area is 112 Å². The van der Waals surface area contributed by atoms with Crippen molar-refractivity contribution >= 4 is 5.69 Å². The molecule has 0 aromatic heterocycles. The number of hydrogen-bond acceptors (Lipinski definition) is 2. The number of rotatable bonds is 4. The first-order valence-electron chi connectivity index (χ1n) is 7.21. The van der Waals surface area contributed by atoms with Gasteiger partial charge in [-0.2, -0.15) is 0 Å². The molecule has 0 radical (unpaired) electrons. The van der Waals surface area contributed by atoms with Crippen LogP contribution in [-0.4, -0.2) is 31.1 Å². The molecule has 2 nitrogen and oxygen atoms in total. The van der Waals surface area contributed by atoms with Crippen LogP contribution in [0.15, 0.2) is 24.3 Å². The molecule has 0 amide bonds. The van der Waals surface area contributed by atoms with Crippen LogP contribution in [0.2, 0.25) is 0 Å². The summed E-state index contributed by atoms with van der Waals surface area (Å²) in [5.41, 5.74) is 2.80. The highest BCUT2D eigenvalue weighted by Crippen LogP contribution is 2.20. The molecule has 0 N–H and O–H groups in total. The molecule has 0 aliphatic carbocycles. The summed E-state index contributed by atoms with van der Waals surface area (Å²) in [6.45, 7) is 7.97. The maximum Gasteiger partial charge on any atom is 0.0366 e. The van der Waals surface area contributed by atoms with Gasteiger partial charge in [-0.05, 0) is 57.9 Å². The van der Waals surface area contributed by atoms with Crippen molar-refractivity contribution in [3.8, 4) is 0 Å². The van der Waals surface area contributed by atoms with Crippen LogP contribution in [-0.2, 0) is 6.54 Å². The van der Waals surface area contributed by atoms with Crippen molar-refractivity contribution in [1.82, 2.24) is 4.90 Å². The van der Waals surface area contributed by atoms with Gasteiger partial charge in [-0.1, -0.05) is 12.1 Å². The Kier molecular flexibility index (Phi) is 4.65. The minimum atomic E-state index is 0.603. The average molecular weight is 246 g/mol. The molecule has 2 rings (SSSR count). The van der Waals surface area contributed by atoms with E-state index in [1.54, 1.807) is 0 Å². The highest BCUT2D eigenvalue weighted by molar-refractivity contribution is 5.47. The molecule has 1 aromatic rings. The third kappa shape index (κ3) is 3.49. The van der Waals surface area contributed by atoms with E-state index in [1.165, 1.54) is 43.6 Å². The second-order valence-electron chi connectivity index (χ2n) is 5.72. The van der Waals surface area contributed by atoms with Crippen molar-refractivity contribution < 1.29 is 0 Å². The van der Waals surface area contributed by atoms with E-state index in [0.29, 0.717) is 6.04 Å². The van der Waals surface area contributed by atoms with Gasteiger partial charge in [0, 0.05) is 31.4 Å². The molecule has 100 valence electrons. The van der Waals surface area contributed by atoms with Gasteiger partial charge >= 0.3 is 0 Å². The first-order chi connectivity index (χ1) is 8.66. The van der Waals surface area contributed by atoms with E-state index < -0.39 is 0 Å². The van der Waals surface area contributed by atoms with Gasteiger partial charge in [-0.15, -0.1) is 0 Å². The van der Waals surface area contributed by atoms with E-state index in [4.69, 9.17) is 0 Å². The minimum Gasteiger partial charge on any atom is -0.372 e. The van der Waals surface area contributed by atoms with Crippen LogP contribution in [0.3, 0.4) is 0 Å². The van der Waals surface area contributed by atoms with Gasteiger partial charge in [-0.25, -0.2) is 0 Å². The van der Waals surface area contributed by atoms with Crippen molar-refractivity contribution in [2.45, 2.75) is 45.7 Å². The normalized spacial score (nSPS) is 16.6. The molecule has 1 heterocycles. The van der Waals surface area contributed by atoms with E-state index in [2.05, 4.69) is 55.0 Å². The highest BCUT2D eigenvalue weighted by atomic mass is 15.1. The summed E-state index contributed by atoms with van der Waals surface area (Å²) in [6, 6.07) is 9.74. The third-order valence-electron chi connectivity index (χ3n) is 3.97. The second kappa shape index (κ2) is 6.24. The standard InChI is InChI=1S/C16H26N2/c1-14(2)17(3)13-15-7-9-16(10-8-15)18-11-5-4-6-12-18/h7-10,14H,4-6,11-13H2,1-3H3. The maximum absolute atomic E-state index is 2.51. The summed E-state index contributed by atoms with van der Waals surface area (Å²) in [4.78, 5) is 4.88. The number of piperidine rings is 1. The molecule has 1 fully saturated rings. The van der Waals surface area contributed by atoms with Gasteiger partial charge in [0.2, 0.25) is 0 Å². The topological polar surface area (TPSA) is 6.48 Å². The molecule has 0 unspecified atom stereocenters. The Morgan fingerprint density at radius 1 is 1.06 bits per heavy atom. The zero-order chi connectivity index (χ0) is 13.0. The lowest BCUT2D eigenvalue weighted by Crippen LogP contribution is -2.29. The van der Waals surface area contributed by atoms with Crippen LogP contribution in [0, 0.1) is 0 Å². The van der Waals surface area contributed by atoms with E-state index in [-0.39, 0.29) is 0 Å². The smallest absolute Gasteiger partial charge is 0.0366 e. The fourth-order valence-corrected chi connectivity index (χ4v) is 2.43. The van der Waals surface area contributed by atoms with E-state index in [0.717, 1.165) is 6.54 Å². The second-order valence-corrected chi connectivity index (χ2v) is 5.72. The molecule has 1 saturated heterocycles. The summed E-state index contributed by atoms with van der Waals surface area (Å²) in [6.07, 6.45) is 4.09. The molecule has 0 spiro atoms. The first-order valence-corrected chi connectivity index (χ1v) is 7.21. The van der Waals surface area contributed by atoms with Crippen LogP contribution in [0.1, 0.15) is 38.7 Å². The van der Waals surface area contributed by atoms with Crippen LogP contribution >= 0.6 is 0 Å². The quantitative estimate of drug-likeness (QED) is 0.802.